The zero-order valence-corrected chi connectivity index (χ0v) is 22.1. The zero-order chi connectivity index (χ0) is 26.2. The number of hydrogen-bond donors (Lipinski definition) is 1. The van der Waals surface area contributed by atoms with Crippen molar-refractivity contribution in [3.8, 4) is 5.75 Å². The van der Waals surface area contributed by atoms with Crippen LogP contribution in [0.1, 0.15) is 48.0 Å². The van der Waals surface area contributed by atoms with E-state index in [4.69, 9.17) is 16.3 Å². The van der Waals surface area contributed by atoms with Gasteiger partial charge >= 0.3 is 0 Å². The molecule has 5 rings (SSSR count). The number of hydrazine groups is 1. The molecule has 9 heteroatoms. The van der Waals surface area contributed by atoms with Crippen molar-refractivity contribution in [1.82, 2.24) is 4.72 Å². The molecule has 3 aromatic carbocycles. The smallest absolute Gasteiger partial charge is 0.265 e. The van der Waals surface area contributed by atoms with Gasteiger partial charge in [-0.25, -0.2) is 13.1 Å². The van der Waals surface area contributed by atoms with Gasteiger partial charge in [-0.05, 0) is 79.6 Å². The van der Waals surface area contributed by atoms with Crippen molar-refractivity contribution in [3.05, 3.63) is 89.5 Å². The van der Waals surface area contributed by atoms with Gasteiger partial charge in [-0.15, -0.1) is 0 Å². The average molecular weight is 538 g/mol. The van der Waals surface area contributed by atoms with Gasteiger partial charge in [-0.2, -0.15) is 0 Å². The number of ether oxygens (including phenoxy) is 1. The molecule has 0 unspecified atom stereocenters. The Morgan fingerprint density at radius 3 is 2.32 bits per heavy atom. The van der Waals surface area contributed by atoms with Crippen LogP contribution in [0.25, 0.3) is 5.70 Å². The number of halogens is 1. The van der Waals surface area contributed by atoms with E-state index >= 15 is 0 Å². The normalized spacial score (nSPS) is 16.0. The van der Waals surface area contributed by atoms with Gasteiger partial charge in [-0.3, -0.25) is 14.8 Å². The summed E-state index contributed by atoms with van der Waals surface area (Å²) in [5.41, 5.74) is 3.63. The Labute approximate surface area is 222 Å². The molecule has 192 valence electrons. The molecule has 1 aliphatic heterocycles. The van der Waals surface area contributed by atoms with E-state index in [0.29, 0.717) is 11.1 Å². The highest BCUT2D eigenvalue weighted by Gasteiger charge is 2.37. The van der Waals surface area contributed by atoms with Crippen LogP contribution in [-0.2, 0) is 10.0 Å². The first-order chi connectivity index (χ1) is 17.8. The fraction of sp³-hybridized carbons (Fsp3) is 0.250. The third-order valence-electron chi connectivity index (χ3n) is 6.88. The standard InChI is InChI=1S/C28H28ClN3O4S/c1-19-26-18-20(28(33)30-37(34,35)25-15-9-21(29)10-16-25)8-17-27(26)32(22-6-4-3-5-7-22)31(19)23-11-13-24(36-2)14-12-23/h8-18,22H,1,3-7H2,2H3,(H,30,33). The van der Waals surface area contributed by atoms with Gasteiger partial charge in [0.15, 0.2) is 0 Å². The second kappa shape index (κ2) is 10.1. The molecule has 3 aromatic rings. The van der Waals surface area contributed by atoms with E-state index in [-0.39, 0.29) is 10.5 Å². The van der Waals surface area contributed by atoms with Crippen molar-refractivity contribution < 1.29 is 17.9 Å². The van der Waals surface area contributed by atoms with E-state index in [1.807, 2.05) is 30.3 Å². The van der Waals surface area contributed by atoms with Crippen molar-refractivity contribution >= 4 is 44.6 Å². The number of sulfonamides is 1. The maximum atomic E-state index is 13.0. The molecule has 1 amide bonds. The minimum Gasteiger partial charge on any atom is -0.497 e. The molecule has 1 saturated carbocycles. The summed E-state index contributed by atoms with van der Waals surface area (Å²) >= 11 is 5.87. The van der Waals surface area contributed by atoms with Crippen molar-refractivity contribution in [2.45, 2.75) is 43.0 Å². The van der Waals surface area contributed by atoms with Gasteiger partial charge in [0, 0.05) is 16.1 Å². The maximum Gasteiger partial charge on any atom is 0.265 e. The molecule has 1 fully saturated rings. The minimum atomic E-state index is -4.05. The number of amides is 1. The molecular formula is C28H28ClN3O4S. The summed E-state index contributed by atoms with van der Waals surface area (Å²) in [6, 6.07) is 19.0. The van der Waals surface area contributed by atoms with Crippen LogP contribution in [0, 0.1) is 0 Å². The molecule has 7 nitrogen and oxygen atoms in total. The minimum absolute atomic E-state index is 0.0371. The number of nitrogens with zero attached hydrogens (tertiary/aromatic N) is 2. The Morgan fingerprint density at radius 1 is 1.00 bits per heavy atom. The molecular weight excluding hydrogens is 510 g/mol. The number of carbonyl (C=O) groups excluding carboxylic acids is 1. The fourth-order valence-corrected chi connectivity index (χ4v) is 6.10. The van der Waals surface area contributed by atoms with Gasteiger partial charge in [0.1, 0.15) is 5.75 Å². The molecule has 1 N–H and O–H groups in total. The van der Waals surface area contributed by atoms with E-state index in [2.05, 4.69) is 21.3 Å². The van der Waals surface area contributed by atoms with Crippen LogP contribution in [0.5, 0.6) is 5.75 Å². The van der Waals surface area contributed by atoms with Crippen molar-refractivity contribution in [3.63, 3.8) is 0 Å². The third kappa shape index (κ3) is 4.91. The van der Waals surface area contributed by atoms with Crippen LogP contribution in [0.3, 0.4) is 0 Å². The summed E-state index contributed by atoms with van der Waals surface area (Å²) in [4.78, 5) is 13.0. The Bertz CT molecular complexity index is 1430. The van der Waals surface area contributed by atoms with Crippen LogP contribution in [0.15, 0.2) is 78.2 Å². The number of methoxy groups -OCH3 is 1. The van der Waals surface area contributed by atoms with Crippen LogP contribution in [-0.4, -0.2) is 27.5 Å². The fourth-order valence-electron chi connectivity index (χ4n) is 5.00. The molecule has 0 atom stereocenters. The summed E-state index contributed by atoms with van der Waals surface area (Å²) in [5, 5.41) is 4.77. The molecule has 0 radical (unpaired) electrons. The highest BCUT2D eigenvalue weighted by molar-refractivity contribution is 7.90. The maximum absolute atomic E-state index is 13.0. The van der Waals surface area contributed by atoms with Crippen LogP contribution in [0.2, 0.25) is 5.02 Å². The summed E-state index contributed by atoms with van der Waals surface area (Å²) in [5.74, 6) is 0.0498. The Balaban J connectivity index is 1.48. The van der Waals surface area contributed by atoms with E-state index in [0.717, 1.165) is 54.1 Å². The van der Waals surface area contributed by atoms with E-state index in [1.165, 1.54) is 30.7 Å². The van der Waals surface area contributed by atoms with Gasteiger partial charge in [0.05, 0.1) is 35.1 Å². The van der Waals surface area contributed by atoms with Crippen molar-refractivity contribution in [2.24, 2.45) is 0 Å². The number of rotatable bonds is 6. The second-order valence-electron chi connectivity index (χ2n) is 9.21. The molecule has 0 saturated heterocycles. The summed E-state index contributed by atoms with van der Waals surface area (Å²) in [6.45, 7) is 4.36. The lowest BCUT2D eigenvalue weighted by Crippen LogP contribution is -2.45. The topological polar surface area (TPSA) is 79.0 Å². The van der Waals surface area contributed by atoms with Gasteiger partial charge < -0.3 is 4.74 Å². The van der Waals surface area contributed by atoms with Gasteiger partial charge in [0.25, 0.3) is 15.9 Å². The SMILES string of the molecule is C=C1c2cc(C(=O)NS(=O)(=O)c3ccc(Cl)cc3)ccc2N(C2CCCCC2)N1c1ccc(OC)cc1. The lowest BCUT2D eigenvalue weighted by atomic mass is 9.94. The molecule has 0 bridgehead atoms. The van der Waals surface area contributed by atoms with Crippen molar-refractivity contribution in [2.75, 3.05) is 17.1 Å². The number of benzene rings is 3. The molecule has 1 heterocycles. The lowest BCUT2D eigenvalue weighted by molar-refractivity contribution is 0.0981. The number of hydrogen-bond acceptors (Lipinski definition) is 6. The number of nitrogens with one attached hydrogen (secondary N) is 1. The molecule has 1 aliphatic carbocycles. The molecule has 37 heavy (non-hydrogen) atoms. The van der Waals surface area contributed by atoms with E-state index in [1.54, 1.807) is 19.2 Å². The van der Waals surface area contributed by atoms with Crippen LogP contribution >= 0.6 is 11.6 Å². The van der Waals surface area contributed by atoms with Crippen LogP contribution in [0.4, 0.5) is 11.4 Å². The Morgan fingerprint density at radius 2 is 1.68 bits per heavy atom. The predicted octanol–water partition coefficient (Wildman–Crippen LogP) is 6.01. The number of fused-ring (bicyclic) bond motifs is 1. The monoisotopic (exact) mass is 537 g/mol. The summed E-state index contributed by atoms with van der Waals surface area (Å²) in [6.07, 6.45) is 5.65. The van der Waals surface area contributed by atoms with Gasteiger partial charge in [0.2, 0.25) is 0 Å². The number of anilines is 2. The molecule has 0 spiro atoms. The first-order valence-corrected chi connectivity index (χ1v) is 14.0. The first kappa shape index (κ1) is 25.2. The molecule has 2 aliphatic rings. The van der Waals surface area contributed by atoms with Crippen molar-refractivity contribution in [1.29, 1.82) is 0 Å². The van der Waals surface area contributed by atoms with Crippen LogP contribution < -0.4 is 19.5 Å². The molecule has 0 aromatic heterocycles. The van der Waals surface area contributed by atoms with Gasteiger partial charge in [-0.1, -0.05) is 37.4 Å². The summed E-state index contributed by atoms with van der Waals surface area (Å²) in [7, 11) is -2.42. The Hall–Kier alpha value is -3.49. The highest BCUT2D eigenvalue weighted by atomic mass is 35.5. The third-order valence-corrected chi connectivity index (χ3v) is 8.48. The van der Waals surface area contributed by atoms with E-state index < -0.39 is 15.9 Å². The second-order valence-corrected chi connectivity index (χ2v) is 11.3. The predicted molar refractivity (Wildman–Crippen MR) is 146 cm³/mol. The summed E-state index contributed by atoms with van der Waals surface area (Å²) < 4.78 is 33.0. The highest BCUT2D eigenvalue weighted by Crippen LogP contribution is 2.45. The van der Waals surface area contributed by atoms with E-state index in [9.17, 15) is 13.2 Å². The average Bonchev–Trinajstić information content (AvgIpc) is 3.20. The lowest BCUT2D eigenvalue weighted by Gasteiger charge is -2.40. The Kier molecular flexibility index (Phi) is 6.88. The number of carbonyl (C=O) groups is 1. The zero-order valence-electron chi connectivity index (χ0n) is 20.5. The largest absolute Gasteiger partial charge is 0.497 e. The quantitative estimate of drug-likeness (QED) is 0.414. The first-order valence-electron chi connectivity index (χ1n) is 12.2.